The minimum atomic E-state index is 0. The van der Waals surface area contributed by atoms with Crippen molar-refractivity contribution in [2.45, 2.75) is 297 Å². The zero-order valence-electron chi connectivity index (χ0n) is 53.5. The average Bonchev–Trinajstić information content (AvgIpc) is 3.80. The van der Waals surface area contributed by atoms with E-state index in [0.717, 1.165) is 13.1 Å². The first kappa shape index (κ1) is 90.2. The van der Waals surface area contributed by atoms with Crippen molar-refractivity contribution in [2.75, 3.05) is 13.1 Å². The number of hydrogen-bond donors (Lipinski definition) is 0. The van der Waals surface area contributed by atoms with Crippen LogP contribution in [0.1, 0.15) is 293 Å². The Bertz CT molecular complexity index is 1850. The molecular formula is C75H138N2O+2. The number of para-hydroxylation sites is 2. The second-order valence-electron chi connectivity index (χ2n) is 20.8. The van der Waals surface area contributed by atoms with Crippen LogP contribution in [0.15, 0.2) is 108 Å². The molecule has 0 atom stereocenters. The summed E-state index contributed by atoms with van der Waals surface area (Å²) in [5.74, 6) is 0.167. The summed E-state index contributed by atoms with van der Waals surface area (Å²) in [6, 6.07) is 35.0. The van der Waals surface area contributed by atoms with Crippen molar-refractivity contribution in [1.82, 2.24) is 0 Å². The molecule has 0 radical (unpaired) electrons. The monoisotopic (exact) mass is 1080 g/mol. The van der Waals surface area contributed by atoms with Crippen LogP contribution in [0.2, 0.25) is 0 Å². The van der Waals surface area contributed by atoms with Gasteiger partial charge in [-0.15, -0.1) is 0 Å². The maximum absolute atomic E-state index is 9.44. The Balaban J connectivity index is -0.000000121. The highest BCUT2D eigenvalue weighted by Crippen LogP contribution is 2.36. The number of rotatable bonds is 4. The summed E-state index contributed by atoms with van der Waals surface area (Å²) < 4.78 is 4.77. The topological polar surface area (TPSA) is 23.1 Å². The van der Waals surface area contributed by atoms with Gasteiger partial charge in [-0.25, -0.2) is 9.15 Å². The summed E-state index contributed by atoms with van der Waals surface area (Å²) in [5, 5.41) is 0. The molecule has 0 N–H and O–H groups in total. The van der Waals surface area contributed by atoms with Crippen LogP contribution in [-0.4, -0.2) is 40.5 Å². The lowest BCUT2D eigenvalue weighted by molar-refractivity contribution is -0.433. The van der Waals surface area contributed by atoms with E-state index in [1.807, 2.05) is 27.7 Å². The third kappa shape index (κ3) is 40.8. The van der Waals surface area contributed by atoms with Crippen molar-refractivity contribution in [1.29, 1.82) is 0 Å². The lowest BCUT2D eigenvalue weighted by Crippen LogP contribution is -2.16. The maximum Gasteiger partial charge on any atom is 0.209 e. The molecule has 4 aliphatic rings. The number of fused-ring (bicyclic) bond motifs is 4. The number of aryl methyl sites for hydroxylation is 4. The summed E-state index contributed by atoms with van der Waals surface area (Å²) in [5.41, 5.74) is 15.2. The second-order valence-corrected chi connectivity index (χ2v) is 20.8. The first-order valence-electron chi connectivity index (χ1n) is 29.9. The summed E-state index contributed by atoms with van der Waals surface area (Å²) in [4.78, 5) is 9.44. The molecule has 78 heavy (non-hydrogen) atoms. The van der Waals surface area contributed by atoms with Gasteiger partial charge in [0.1, 0.15) is 18.9 Å². The van der Waals surface area contributed by atoms with Crippen molar-refractivity contribution in [3.8, 4) is 0 Å². The lowest BCUT2D eigenvalue weighted by Gasteiger charge is -2.13. The zero-order chi connectivity index (χ0) is 57.5. The van der Waals surface area contributed by atoms with Crippen LogP contribution in [0.25, 0.3) is 0 Å². The predicted octanol–water partition coefficient (Wildman–Crippen LogP) is 24.6. The standard InChI is InChI=1S/2C13H18N.2C10H12.C6H12.C3H6O.4C3H8.2C2H6.4CH4/c2*1-4-9-14-10-13(2,3)11-7-5-6-8-12(11)14;2*1-2-6-10-8-4-3-7-9(10)5-1;1-5(2)6(3)4;1-3(2)4;4*1-3-2;2*1-2;;;;/h2*5-8,10H,4,9H2,1-3H3;2*1-2,5-6H,3-4,7-8H2;1-4H3;1-2H3;4*3H2,1-2H3;2*1-2H3;4*1H4/q2*+1;;;;;;;;;;;;;;. The van der Waals surface area contributed by atoms with Crippen LogP contribution < -0.4 is 0 Å². The number of hydrogen-bond acceptors (Lipinski definition) is 1. The molecule has 0 amide bonds. The smallest absolute Gasteiger partial charge is 0.209 e. The SMILES string of the molecule is C.C.C.C.CC.CC.CC(C)=C(C)C.CC(C)=O.CCC.CCC.CCC.CCC.CCC[N+]1=CC(C)(C)c2ccccc21.CCC[N+]1=CC(C)(C)c2ccccc21.c1ccc2c(c1)CCCC2.c1ccc2c(c1)CCCC2. The Hall–Kier alpha value is -4.37. The maximum atomic E-state index is 9.44. The second kappa shape index (κ2) is 57.3. The average molecular weight is 1080 g/mol. The Morgan fingerprint density at radius 1 is 0.385 bits per heavy atom. The van der Waals surface area contributed by atoms with Crippen LogP contribution in [0.4, 0.5) is 11.4 Å². The van der Waals surface area contributed by atoms with Crippen LogP contribution in [0.5, 0.6) is 0 Å². The molecule has 0 bridgehead atoms. The predicted molar refractivity (Wildman–Crippen MR) is 367 cm³/mol. The number of carbonyl (C=O) groups excluding carboxylic acids is 1. The molecule has 2 aliphatic heterocycles. The number of carbonyl (C=O) groups is 1. The molecule has 0 saturated heterocycles. The van der Waals surface area contributed by atoms with Gasteiger partial charge in [-0.1, -0.05) is 248 Å². The van der Waals surface area contributed by atoms with Gasteiger partial charge >= 0.3 is 0 Å². The Morgan fingerprint density at radius 3 is 0.769 bits per heavy atom. The third-order valence-corrected chi connectivity index (χ3v) is 11.2. The van der Waals surface area contributed by atoms with Gasteiger partial charge in [-0.2, -0.15) is 0 Å². The van der Waals surface area contributed by atoms with Crippen molar-refractivity contribution in [3.05, 3.63) is 142 Å². The Labute approximate surface area is 492 Å². The quantitative estimate of drug-likeness (QED) is 0.148. The fourth-order valence-electron chi connectivity index (χ4n) is 7.80. The highest BCUT2D eigenvalue weighted by molar-refractivity contribution is 5.77. The van der Waals surface area contributed by atoms with E-state index in [9.17, 15) is 4.79 Å². The molecule has 4 aromatic rings. The number of Topliss-reactive ketones (excluding diaryl/α,β-unsaturated/α-hetero) is 1. The molecule has 0 aromatic heterocycles. The lowest BCUT2D eigenvalue weighted by atomic mass is 9.87. The van der Waals surface area contributed by atoms with Crippen LogP contribution >= 0.6 is 0 Å². The minimum Gasteiger partial charge on any atom is -0.300 e. The van der Waals surface area contributed by atoms with Crippen molar-refractivity contribution < 1.29 is 13.9 Å². The largest absolute Gasteiger partial charge is 0.300 e. The molecule has 8 rings (SSSR count). The van der Waals surface area contributed by atoms with E-state index < -0.39 is 0 Å². The van der Waals surface area contributed by atoms with E-state index in [-0.39, 0.29) is 46.3 Å². The molecule has 3 heteroatoms. The van der Waals surface area contributed by atoms with E-state index in [2.05, 4.69) is 243 Å². The summed E-state index contributed by atoms with van der Waals surface area (Å²) in [6.07, 6.45) is 22.8. The van der Waals surface area contributed by atoms with Gasteiger partial charge in [-0.05, 0) is 143 Å². The van der Waals surface area contributed by atoms with Crippen molar-refractivity contribution in [3.63, 3.8) is 0 Å². The molecule has 3 nitrogen and oxygen atoms in total. The highest BCUT2D eigenvalue weighted by Gasteiger charge is 2.37. The van der Waals surface area contributed by atoms with E-state index in [1.165, 1.54) is 137 Å². The van der Waals surface area contributed by atoms with E-state index >= 15 is 0 Å². The Morgan fingerprint density at radius 2 is 0.577 bits per heavy atom. The van der Waals surface area contributed by atoms with Crippen LogP contribution in [0, 0.1) is 0 Å². The number of allylic oxidation sites excluding steroid dienone is 2. The molecule has 2 heterocycles. The van der Waals surface area contributed by atoms with Gasteiger partial charge in [0.2, 0.25) is 11.4 Å². The fourth-order valence-corrected chi connectivity index (χ4v) is 7.80. The minimum absolute atomic E-state index is 0. The summed E-state index contributed by atoms with van der Waals surface area (Å²) in [6.45, 7) is 52.4. The van der Waals surface area contributed by atoms with Gasteiger partial charge in [-0.3, -0.25) is 0 Å². The van der Waals surface area contributed by atoms with E-state index in [1.54, 1.807) is 22.3 Å². The molecule has 2 aliphatic carbocycles. The van der Waals surface area contributed by atoms with Crippen molar-refractivity contribution in [2.24, 2.45) is 0 Å². The third-order valence-electron chi connectivity index (χ3n) is 11.2. The Kier molecular flexibility index (Phi) is 66.3. The molecule has 0 fully saturated rings. The first-order valence-corrected chi connectivity index (χ1v) is 29.9. The molecular weight excluding hydrogens is 945 g/mol. The van der Waals surface area contributed by atoms with Gasteiger partial charge in [0.05, 0.1) is 10.8 Å². The number of benzene rings is 4. The van der Waals surface area contributed by atoms with Gasteiger partial charge in [0, 0.05) is 36.1 Å². The molecule has 0 saturated carbocycles. The molecule has 452 valence electrons. The van der Waals surface area contributed by atoms with Gasteiger partial charge < -0.3 is 4.79 Å². The number of ketones is 1. The molecule has 4 aromatic carbocycles. The van der Waals surface area contributed by atoms with Crippen molar-refractivity contribution >= 4 is 29.6 Å². The van der Waals surface area contributed by atoms with Gasteiger partial charge in [0.15, 0.2) is 12.4 Å². The van der Waals surface area contributed by atoms with E-state index in [0.29, 0.717) is 0 Å². The molecule has 0 spiro atoms. The number of nitrogens with zero attached hydrogens (tertiary/aromatic N) is 2. The normalized spacial score (nSPS) is 12.6. The first-order chi connectivity index (χ1) is 35.3. The summed E-state index contributed by atoms with van der Waals surface area (Å²) >= 11 is 0. The fraction of sp³-hybridized carbons (Fsp3) is 0.613. The van der Waals surface area contributed by atoms with Gasteiger partial charge in [0.25, 0.3) is 0 Å². The highest BCUT2D eigenvalue weighted by atomic mass is 16.1. The van der Waals surface area contributed by atoms with Crippen LogP contribution in [-0.2, 0) is 41.3 Å². The van der Waals surface area contributed by atoms with E-state index in [4.69, 9.17) is 0 Å². The zero-order valence-corrected chi connectivity index (χ0v) is 53.5. The van der Waals surface area contributed by atoms with Crippen LogP contribution in [0.3, 0.4) is 0 Å². The molecule has 0 unspecified atom stereocenters. The summed E-state index contributed by atoms with van der Waals surface area (Å²) in [7, 11) is 0.